The number of hydrogen-bond acceptors (Lipinski definition) is 5. The maximum atomic E-state index is 9.33. The number of benzene rings is 1. The summed E-state index contributed by atoms with van der Waals surface area (Å²) >= 11 is 0. The molecule has 0 radical (unpaired) electrons. The van der Waals surface area contributed by atoms with E-state index in [1.54, 1.807) is 13.3 Å². The van der Waals surface area contributed by atoms with Gasteiger partial charge in [0.25, 0.3) is 0 Å². The normalized spacial score (nSPS) is 19.1. The van der Waals surface area contributed by atoms with Gasteiger partial charge in [0.15, 0.2) is 5.96 Å². The predicted molar refractivity (Wildman–Crippen MR) is 125 cm³/mol. The first-order valence-corrected chi connectivity index (χ1v) is 9.79. The molecule has 2 heterocycles. The number of oxazole rings is 1. The SMILES string of the molecule is CN=C(NCCc1coc(-c2ccc(C)cc2)n1)NCC1(CCO)CCOC1.I. The van der Waals surface area contributed by atoms with E-state index >= 15 is 0 Å². The first-order chi connectivity index (χ1) is 13.6. The van der Waals surface area contributed by atoms with Crippen molar-refractivity contribution in [1.82, 2.24) is 15.6 Å². The predicted octanol–water partition coefficient (Wildman–Crippen LogP) is 2.76. The molecule has 0 bridgehead atoms. The van der Waals surface area contributed by atoms with E-state index in [-0.39, 0.29) is 36.0 Å². The van der Waals surface area contributed by atoms with Gasteiger partial charge in [0.05, 0.1) is 12.3 Å². The lowest BCUT2D eigenvalue weighted by Crippen LogP contribution is -2.45. The molecular weight excluding hydrogens is 483 g/mol. The maximum Gasteiger partial charge on any atom is 0.226 e. The molecule has 2 aromatic rings. The van der Waals surface area contributed by atoms with Gasteiger partial charge in [-0.15, -0.1) is 24.0 Å². The van der Waals surface area contributed by atoms with Gasteiger partial charge in [0.2, 0.25) is 5.89 Å². The average molecular weight is 514 g/mol. The quantitative estimate of drug-likeness (QED) is 0.285. The van der Waals surface area contributed by atoms with Gasteiger partial charge in [-0.1, -0.05) is 17.7 Å². The number of aliphatic imine (C=N–C) groups is 1. The van der Waals surface area contributed by atoms with Gasteiger partial charge in [-0.3, -0.25) is 4.99 Å². The molecule has 0 spiro atoms. The topological polar surface area (TPSA) is 91.9 Å². The fourth-order valence-electron chi connectivity index (χ4n) is 3.36. The Hall–Kier alpha value is -1.65. The monoisotopic (exact) mass is 514 g/mol. The summed E-state index contributed by atoms with van der Waals surface area (Å²) in [7, 11) is 1.75. The minimum absolute atomic E-state index is 0. The van der Waals surface area contributed by atoms with Gasteiger partial charge in [-0.2, -0.15) is 0 Å². The van der Waals surface area contributed by atoms with E-state index < -0.39 is 0 Å². The van der Waals surface area contributed by atoms with Crippen molar-refractivity contribution < 1.29 is 14.3 Å². The highest BCUT2D eigenvalue weighted by Crippen LogP contribution is 2.31. The van der Waals surface area contributed by atoms with Crippen molar-refractivity contribution in [2.45, 2.75) is 26.2 Å². The van der Waals surface area contributed by atoms with Crippen molar-refractivity contribution in [1.29, 1.82) is 0 Å². The molecule has 1 atom stereocenters. The average Bonchev–Trinajstić information content (AvgIpc) is 3.36. The highest BCUT2D eigenvalue weighted by Gasteiger charge is 2.34. The van der Waals surface area contributed by atoms with Crippen LogP contribution in [-0.4, -0.2) is 56.0 Å². The van der Waals surface area contributed by atoms with Crippen LogP contribution in [0, 0.1) is 12.3 Å². The van der Waals surface area contributed by atoms with Gasteiger partial charge in [-0.25, -0.2) is 4.98 Å². The van der Waals surface area contributed by atoms with Gasteiger partial charge >= 0.3 is 0 Å². The Labute approximate surface area is 189 Å². The third-order valence-corrected chi connectivity index (χ3v) is 5.21. The molecule has 1 unspecified atom stereocenters. The fraction of sp³-hybridized carbons (Fsp3) is 0.524. The third-order valence-electron chi connectivity index (χ3n) is 5.21. The van der Waals surface area contributed by atoms with E-state index in [1.807, 2.05) is 12.1 Å². The molecule has 1 aliphatic rings. The van der Waals surface area contributed by atoms with Crippen molar-refractivity contribution >= 4 is 29.9 Å². The largest absolute Gasteiger partial charge is 0.444 e. The zero-order chi connectivity index (χ0) is 19.8. The van der Waals surface area contributed by atoms with E-state index in [2.05, 4.69) is 39.7 Å². The van der Waals surface area contributed by atoms with E-state index in [4.69, 9.17) is 9.15 Å². The highest BCUT2D eigenvalue weighted by atomic mass is 127. The van der Waals surface area contributed by atoms with Crippen LogP contribution in [0.3, 0.4) is 0 Å². The molecule has 0 aliphatic carbocycles. The Morgan fingerprint density at radius 2 is 2.07 bits per heavy atom. The number of ether oxygens (including phenoxy) is 1. The summed E-state index contributed by atoms with van der Waals surface area (Å²) < 4.78 is 11.1. The zero-order valence-electron chi connectivity index (χ0n) is 17.1. The summed E-state index contributed by atoms with van der Waals surface area (Å²) in [5, 5.41) is 16.0. The Bertz CT molecular complexity index is 770. The smallest absolute Gasteiger partial charge is 0.226 e. The summed E-state index contributed by atoms with van der Waals surface area (Å²) in [6, 6.07) is 8.14. The number of nitrogens with one attached hydrogen (secondary N) is 2. The van der Waals surface area contributed by atoms with Crippen molar-refractivity contribution in [3.8, 4) is 11.5 Å². The molecule has 7 nitrogen and oxygen atoms in total. The molecule has 0 amide bonds. The second-order valence-electron chi connectivity index (χ2n) is 7.39. The van der Waals surface area contributed by atoms with E-state index in [9.17, 15) is 5.11 Å². The summed E-state index contributed by atoms with van der Waals surface area (Å²) in [5.41, 5.74) is 3.08. The van der Waals surface area contributed by atoms with Crippen LogP contribution in [0.1, 0.15) is 24.1 Å². The van der Waals surface area contributed by atoms with Crippen LogP contribution in [0.25, 0.3) is 11.5 Å². The number of aliphatic hydroxyl groups is 1. The summed E-state index contributed by atoms with van der Waals surface area (Å²) in [4.78, 5) is 8.85. The van der Waals surface area contributed by atoms with Crippen molar-refractivity contribution in [2.24, 2.45) is 10.4 Å². The van der Waals surface area contributed by atoms with Crippen LogP contribution < -0.4 is 10.6 Å². The minimum atomic E-state index is -0.0125. The van der Waals surface area contributed by atoms with Crippen LogP contribution in [0.4, 0.5) is 0 Å². The molecule has 8 heteroatoms. The second-order valence-corrected chi connectivity index (χ2v) is 7.39. The summed E-state index contributed by atoms with van der Waals surface area (Å²) in [6.07, 6.45) is 4.14. The van der Waals surface area contributed by atoms with Crippen LogP contribution in [0.2, 0.25) is 0 Å². The molecule has 0 saturated carbocycles. The molecular formula is C21H31IN4O3. The van der Waals surface area contributed by atoms with E-state index in [1.165, 1.54) is 5.56 Å². The molecule has 1 aromatic carbocycles. The Balaban J connectivity index is 0.00000300. The van der Waals surface area contributed by atoms with Crippen LogP contribution in [0.5, 0.6) is 0 Å². The van der Waals surface area contributed by atoms with Crippen LogP contribution in [-0.2, 0) is 11.2 Å². The number of guanidine groups is 1. The first-order valence-electron chi connectivity index (χ1n) is 9.79. The molecule has 1 aliphatic heterocycles. The number of aryl methyl sites for hydroxylation is 1. The van der Waals surface area contributed by atoms with Crippen LogP contribution in [0.15, 0.2) is 39.9 Å². The van der Waals surface area contributed by atoms with Crippen molar-refractivity contribution in [2.75, 3.05) is 40.0 Å². The van der Waals surface area contributed by atoms with E-state index in [0.717, 1.165) is 49.6 Å². The highest BCUT2D eigenvalue weighted by molar-refractivity contribution is 14.0. The lowest BCUT2D eigenvalue weighted by molar-refractivity contribution is 0.127. The van der Waals surface area contributed by atoms with Crippen LogP contribution >= 0.6 is 24.0 Å². The standard InChI is InChI=1S/C21H30N4O3.HI/c1-16-3-5-17(6-4-16)19-25-18(13-28-19)7-10-23-20(22-2)24-14-21(8-11-26)9-12-27-15-21;/h3-6,13,26H,7-12,14-15H2,1-2H3,(H2,22,23,24);1H. The second kappa shape index (κ2) is 11.5. The minimum Gasteiger partial charge on any atom is -0.444 e. The Morgan fingerprint density at radius 1 is 1.28 bits per heavy atom. The summed E-state index contributed by atoms with van der Waals surface area (Å²) in [5.74, 6) is 1.39. The maximum absolute atomic E-state index is 9.33. The van der Waals surface area contributed by atoms with Gasteiger partial charge in [0, 0.05) is 50.8 Å². The number of rotatable bonds is 8. The van der Waals surface area contributed by atoms with Crippen molar-refractivity contribution in [3.63, 3.8) is 0 Å². The fourth-order valence-corrected chi connectivity index (χ4v) is 3.36. The van der Waals surface area contributed by atoms with Crippen molar-refractivity contribution in [3.05, 3.63) is 41.8 Å². The molecule has 1 fully saturated rings. The molecule has 3 N–H and O–H groups in total. The number of aromatic nitrogens is 1. The van der Waals surface area contributed by atoms with Gasteiger partial charge in [-0.05, 0) is 31.9 Å². The first kappa shape index (κ1) is 23.6. The summed E-state index contributed by atoms with van der Waals surface area (Å²) in [6.45, 7) is 5.09. The number of hydrogen-bond donors (Lipinski definition) is 3. The van der Waals surface area contributed by atoms with Gasteiger partial charge < -0.3 is 24.9 Å². The Kier molecular flexibility index (Phi) is 9.38. The molecule has 1 saturated heterocycles. The number of aliphatic hydroxyl groups excluding tert-OH is 1. The molecule has 29 heavy (non-hydrogen) atoms. The molecule has 3 rings (SSSR count). The number of halogens is 1. The lowest BCUT2D eigenvalue weighted by atomic mass is 9.84. The number of nitrogens with zero attached hydrogens (tertiary/aromatic N) is 2. The third kappa shape index (κ3) is 6.68. The molecule has 160 valence electrons. The molecule has 1 aromatic heterocycles. The zero-order valence-corrected chi connectivity index (χ0v) is 19.4. The Morgan fingerprint density at radius 3 is 2.72 bits per heavy atom. The lowest BCUT2D eigenvalue weighted by Gasteiger charge is -2.27. The van der Waals surface area contributed by atoms with Gasteiger partial charge in [0.1, 0.15) is 6.26 Å². The van der Waals surface area contributed by atoms with E-state index in [0.29, 0.717) is 19.0 Å².